The molecule has 0 aliphatic carbocycles. The molecular formula is C12H9Cl2FOS. The summed E-state index contributed by atoms with van der Waals surface area (Å²) in [7, 11) is 0. The highest BCUT2D eigenvalue weighted by atomic mass is 35.5. The Kier molecular flexibility index (Phi) is 4.05. The summed E-state index contributed by atoms with van der Waals surface area (Å²) < 4.78 is 13.5. The van der Waals surface area contributed by atoms with Crippen molar-refractivity contribution in [1.29, 1.82) is 0 Å². The molecule has 0 aliphatic rings. The topological polar surface area (TPSA) is 20.2 Å². The molecule has 0 saturated carbocycles. The number of hydrogen-bond donors (Lipinski definition) is 1. The summed E-state index contributed by atoms with van der Waals surface area (Å²) in [5, 5.41) is 12.6. The van der Waals surface area contributed by atoms with E-state index in [0.717, 1.165) is 0 Å². The van der Waals surface area contributed by atoms with Gasteiger partial charge in [-0.3, -0.25) is 0 Å². The van der Waals surface area contributed by atoms with Crippen LogP contribution in [0.3, 0.4) is 0 Å². The maximum absolute atomic E-state index is 13.5. The highest BCUT2D eigenvalue weighted by Gasteiger charge is 2.17. The first-order chi connectivity index (χ1) is 8.09. The van der Waals surface area contributed by atoms with E-state index in [4.69, 9.17) is 23.2 Å². The van der Waals surface area contributed by atoms with Gasteiger partial charge in [0.25, 0.3) is 0 Å². The van der Waals surface area contributed by atoms with E-state index in [0.29, 0.717) is 20.5 Å². The molecule has 1 aromatic carbocycles. The molecule has 5 heteroatoms. The molecule has 1 nitrogen and oxygen atoms in total. The fourth-order valence-electron chi connectivity index (χ4n) is 1.56. The number of hydrogen-bond acceptors (Lipinski definition) is 2. The Labute approximate surface area is 112 Å². The second kappa shape index (κ2) is 5.36. The van der Waals surface area contributed by atoms with Crippen LogP contribution in [0, 0.1) is 5.82 Å². The molecule has 17 heavy (non-hydrogen) atoms. The first-order valence-electron chi connectivity index (χ1n) is 4.93. The zero-order chi connectivity index (χ0) is 12.4. The van der Waals surface area contributed by atoms with Gasteiger partial charge in [-0.1, -0.05) is 29.3 Å². The van der Waals surface area contributed by atoms with E-state index >= 15 is 0 Å². The predicted molar refractivity (Wildman–Crippen MR) is 69.4 cm³/mol. The lowest BCUT2D eigenvalue weighted by atomic mass is 10.1. The normalized spacial score (nSPS) is 12.7. The maximum atomic E-state index is 13.5. The van der Waals surface area contributed by atoms with Gasteiger partial charge < -0.3 is 5.11 Å². The minimum absolute atomic E-state index is 0.117. The molecular weight excluding hydrogens is 282 g/mol. The van der Waals surface area contributed by atoms with Crippen LogP contribution in [0.1, 0.15) is 16.5 Å². The molecule has 0 aliphatic heterocycles. The van der Waals surface area contributed by atoms with Gasteiger partial charge in [-0.05, 0) is 23.6 Å². The number of benzene rings is 1. The molecule has 0 fully saturated rings. The van der Waals surface area contributed by atoms with Crippen molar-refractivity contribution in [3.05, 3.63) is 55.9 Å². The summed E-state index contributed by atoms with van der Waals surface area (Å²) >= 11 is 13.1. The first-order valence-corrected chi connectivity index (χ1v) is 6.57. The Morgan fingerprint density at radius 2 is 2.00 bits per heavy atom. The Morgan fingerprint density at radius 3 is 2.59 bits per heavy atom. The van der Waals surface area contributed by atoms with Crippen molar-refractivity contribution in [3.8, 4) is 0 Å². The number of aliphatic hydroxyl groups excluding tert-OH is 1. The van der Waals surface area contributed by atoms with Gasteiger partial charge in [-0.25, -0.2) is 4.39 Å². The summed E-state index contributed by atoms with van der Waals surface area (Å²) in [6, 6.07) is 6.16. The van der Waals surface area contributed by atoms with Crippen LogP contribution in [-0.2, 0) is 6.42 Å². The van der Waals surface area contributed by atoms with Crippen molar-refractivity contribution in [3.63, 3.8) is 0 Å². The van der Waals surface area contributed by atoms with Gasteiger partial charge in [-0.2, -0.15) is 0 Å². The molecule has 1 heterocycles. The van der Waals surface area contributed by atoms with Crippen LogP contribution < -0.4 is 0 Å². The Morgan fingerprint density at radius 1 is 1.24 bits per heavy atom. The lowest BCUT2D eigenvalue weighted by Crippen LogP contribution is -2.03. The largest absolute Gasteiger partial charge is 0.387 e. The third-order valence-electron chi connectivity index (χ3n) is 2.41. The Bertz CT molecular complexity index is 507. The number of rotatable bonds is 3. The quantitative estimate of drug-likeness (QED) is 0.884. The smallest absolute Gasteiger partial charge is 0.127 e. The first kappa shape index (κ1) is 12.8. The van der Waals surface area contributed by atoms with Crippen molar-refractivity contribution in [2.24, 2.45) is 0 Å². The molecule has 0 amide bonds. The van der Waals surface area contributed by atoms with Crippen LogP contribution in [0.5, 0.6) is 0 Å². The summed E-state index contributed by atoms with van der Waals surface area (Å²) in [4.78, 5) is 0.631. The molecule has 1 atom stereocenters. The van der Waals surface area contributed by atoms with Crippen LogP contribution in [0.15, 0.2) is 29.6 Å². The van der Waals surface area contributed by atoms with Crippen LogP contribution in [-0.4, -0.2) is 5.11 Å². The fourth-order valence-corrected chi connectivity index (χ4v) is 2.97. The number of halogens is 3. The van der Waals surface area contributed by atoms with Gasteiger partial charge in [0.15, 0.2) is 0 Å². The summed E-state index contributed by atoms with van der Waals surface area (Å²) in [5.41, 5.74) is 0.311. The summed E-state index contributed by atoms with van der Waals surface area (Å²) in [5.74, 6) is -0.413. The van der Waals surface area contributed by atoms with E-state index in [9.17, 15) is 9.50 Å². The minimum Gasteiger partial charge on any atom is -0.387 e. The van der Waals surface area contributed by atoms with Gasteiger partial charge in [0.05, 0.1) is 16.0 Å². The van der Waals surface area contributed by atoms with Crippen LogP contribution in [0.4, 0.5) is 4.39 Å². The molecule has 0 bridgehead atoms. The van der Waals surface area contributed by atoms with Crippen molar-refractivity contribution in [1.82, 2.24) is 0 Å². The highest BCUT2D eigenvalue weighted by Crippen LogP contribution is 2.32. The molecule has 1 unspecified atom stereocenters. The molecule has 2 aromatic rings. The average Bonchev–Trinajstić information content (AvgIpc) is 2.70. The molecule has 1 N–H and O–H groups in total. The zero-order valence-corrected chi connectivity index (χ0v) is 11.0. The summed E-state index contributed by atoms with van der Waals surface area (Å²) in [6.07, 6.45) is -0.719. The summed E-state index contributed by atoms with van der Waals surface area (Å²) in [6.45, 7) is 0. The predicted octanol–water partition coefficient (Wildman–Crippen LogP) is 4.47. The monoisotopic (exact) mass is 290 g/mol. The van der Waals surface area contributed by atoms with Gasteiger partial charge in [0.1, 0.15) is 5.82 Å². The van der Waals surface area contributed by atoms with E-state index in [-0.39, 0.29) is 6.42 Å². The van der Waals surface area contributed by atoms with Crippen LogP contribution in [0.25, 0.3) is 0 Å². The minimum atomic E-state index is -0.836. The lowest BCUT2D eigenvalue weighted by Gasteiger charge is -2.11. The SMILES string of the molecule is OC(Cc1c(F)cccc1Cl)c1sccc1Cl. The van der Waals surface area contributed by atoms with E-state index in [1.54, 1.807) is 17.5 Å². The fraction of sp³-hybridized carbons (Fsp3) is 0.167. The number of thiophene rings is 1. The van der Waals surface area contributed by atoms with Crippen LogP contribution in [0.2, 0.25) is 10.0 Å². The van der Waals surface area contributed by atoms with Crippen molar-refractivity contribution >= 4 is 34.5 Å². The maximum Gasteiger partial charge on any atom is 0.127 e. The second-order valence-corrected chi connectivity index (χ2v) is 5.32. The van der Waals surface area contributed by atoms with Gasteiger partial charge >= 0.3 is 0 Å². The third kappa shape index (κ3) is 2.80. The van der Waals surface area contributed by atoms with E-state index in [1.807, 2.05) is 0 Å². The van der Waals surface area contributed by atoms with E-state index < -0.39 is 11.9 Å². The highest BCUT2D eigenvalue weighted by molar-refractivity contribution is 7.10. The van der Waals surface area contributed by atoms with Crippen molar-refractivity contribution < 1.29 is 9.50 Å². The molecule has 0 spiro atoms. The Hall–Kier alpha value is -0.610. The second-order valence-electron chi connectivity index (χ2n) is 3.55. The lowest BCUT2D eigenvalue weighted by molar-refractivity contribution is 0.181. The average molecular weight is 291 g/mol. The molecule has 0 saturated heterocycles. The van der Waals surface area contributed by atoms with Crippen molar-refractivity contribution in [2.75, 3.05) is 0 Å². The zero-order valence-electron chi connectivity index (χ0n) is 8.66. The van der Waals surface area contributed by atoms with Gasteiger partial charge in [0.2, 0.25) is 0 Å². The van der Waals surface area contributed by atoms with Crippen molar-refractivity contribution in [2.45, 2.75) is 12.5 Å². The molecule has 0 radical (unpaired) electrons. The molecule has 1 aromatic heterocycles. The number of aliphatic hydroxyl groups is 1. The van der Waals surface area contributed by atoms with Gasteiger partial charge in [-0.15, -0.1) is 11.3 Å². The van der Waals surface area contributed by atoms with Crippen LogP contribution >= 0.6 is 34.5 Å². The third-order valence-corrected chi connectivity index (χ3v) is 4.22. The molecule has 90 valence electrons. The van der Waals surface area contributed by atoms with E-state index in [2.05, 4.69) is 0 Å². The van der Waals surface area contributed by atoms with E-state index in [1.165, 1.54) is 23.5 Å². The Balaban J connectivity index is 2.25. The molecule has 2 rings (SSSR count). The standard InChI is InChI=1S/C12H9Cl2FOS/c13-8-2-1-3-10(15)7(8)6-11(16)12-9(14)4-5-17-12/h1-5,11,16H,6H2. The van der Waals surface area contributed by atoms with Gasteiger partial charge in [0, 0.05) is 17.0 Å².